The van der Waals surface area contributed by atoms with Gasteiger partial charge in [0.05, 0.1) is 12.3 Å². The fourth-order valence-corrected chi connectivity index (χ4v) is 2.12. The second-order valence-electron chi connectivity index (χ2n) is 4.70. The van der Waals surface area contributed by atoms with Gasteiger partial charge in [0.25, 0.3) is 0 Å². The highest BCUT2D eigenvalue weighted by atomic mass is 16.5. The monoisotopic (exact) mass is 238 g/mol. The Balaban J connectivity index is 1.67. The topological polar surface area (TPSA) is 65.1 Å². The summed E-state index contributed by atoms with van der Waals surface area (Å²) in [6.07, 6.45) is 7.79. The van der Waals surface area contributed by atoms with Gasteiger partial charge in [-0.1, -0.05) is 0 Å². The molecular formula is C12H22N4O. The molecule has 0 radical (unpaired) electrons. The molecule has 2 heterocycles. The average Bonchev–Trinajstić information content (AvgIpc) is 2.77. The molecule has 2 unspecified atom stereocenters. The maximum atomic E-state index is 6.07. The van der Waals surface area contributed by atoms with E-state index in [9.17, 15) is 0 Å². The normalized spacial score (nSPS) is 22.6. The van der Waals surface area contributed by atoms with Crippen molar-refractivity contribution < 1.29 is 4.74 Å². The van der Waals surface area contributed by atoms with Gasteiger partial charge in [-0.05, 0) is 19.3 Å². The molecule has 3 N–H and O–H groups in total. The fraction of sp³-hybridized carbons (Fsp3) is 0.750. The fourth-order valence-electron chi connectivity index (χ4n) is 2.12. The lowest BCUT2D eigenvalue weighted by Gasteiger charge is -2.23. The summed E-state index contributed by atoms with van der Waals surface area (Å²) in [5.74, 6) is 0. The summed E-state index contributed by atoms with van der Waals surface area (Å²) >= 11 is 0. The molecule has 1 aromatic rings. The van der Waals surface area contributed by atoms with Gasteiger partial charge in [0.15, 0.2) is 0 Å². The molecule has 96 valence electrons. The van der Waals surface area contributed by atoms with Gasteiger partial charge < -0.3 is 15.8 Å². The highest BCUT2D eigenvalue weighted by molar-refractivity contribution is 5.09. The van der Waals surface area contributed by atoms with Crippen LogP contribution in [0.4, 0.5) is 0 Å². The molecule has 0 amide bonds. The summed E-state index contributed by atoms with van der Waals surface area (Å²) in [5, 5.41) is 7.50. The Morgan fingerprint density at radius 1 is 1.65 bits per heavy atom. The van der Waals surface area contributed by atoms with Gasteiger partial charge in [-0.25, -0.2) is 0 Å². The minimum atomic E-state index is 0.00675. The van der Waals surface area contributed by atoms with E-state index in [1.165, 1.54) is 12.8 Å². The highest BCUT2D eigenvalue weighted by Gasteiger charge is 2.14. The van der Waals surface area contributed by atoms with Gasteiger partial charge >= 0.3 is 0 Å². The zero-order chi connectivity index (χ0) is 12.1. The third-order valence-electron chi connectivity index (χ3n) is 3.16. The number of ether oxygens (including phenoxy) is 1. The Morgan fingerprint density at radius 2 is 2.53 bits per heavy atom. The van der Waals surface area contributed by atoms with E-state index in [2.05, 4.69) is 10.4 Å². The van der Waals surface area contributed by atoms with Crippen LogP contribution in [0.3, 0.4) is 0 Å². The molecule has 0 aromatic carbocycles. The van der Waals surface area contributed by atoms with Gasteiger partial charge in [-0.3, -0.25) is 4.68 Å². The van der Waals surface area contributed by atoms with Crippen LogP contribution in [0.25, 0.3) is 0 Å². The van der Waals surface area contributed by atoms with Crippen LogP contribution in [-0.2, 0) is 11.8 Å². The first-order chi connectivity index (χ1) is 8.25. The Kier molecular flexibility index (Phi) is 4.53. The van der Waals surface area contributed by atoms with Crippen LogP contribution in [0.5, 0.6) is 0 Å². The van der Waals surface area contributed by atoms with E-state index in [0.717, 1.165) is 31.7 Å². The maximum Gasteiger partial charge on any atom is 0.0699 e. The van der Waals surface area contributed by atoms with E-state index < -0.39 is 0 Å². The van der Waals surface area contributed by atoms with Crippen molar-refractivity contribution in [2.45, 2.75) is 31.4 Å². The van der Waals surface area contributed by atoms with E-state index in [1.54, 1.807) is 4.68 Å². The van der Waals surface area contributed by atoms with Crippen LogP contribution in [0.2, 0.25) is 0 Å². The summed E-state index contributed by atoms with van der Waals surface area (Å²) in [5.41, 5.74) is 7.14. The number of rotatable bonds is 5. The highest BCUT2D eigenvalue weighted by Crippen LogP contribution is 2.12. The van der Waals surface area contributed by atoms with Crippen molar-refractivity contribution in [3.8, 4) is 0 Å². The SMILES string of the molecule is Cn1cc(C(N)CNCC2CCCCO2)cn1. The predicted octanol–water partition coefficient (Wildman–Crippen LogP) is 0.579. The Labute approximate surface area is 102 Å². The minimum absolute atomic E-state index is 0.00675. The Morgan fingerprint density at radius 3 is 3.18 bits per heavy atom. The van der Waals surface area contributed by atoms with E-state index in [4.69, 9.17) is 10.5 Å². The Bertz CT molecular complexity index is 333. The first-order valence-corrected chi connectivity index (χ1v) is 6.32. The van der Waals surface area contributed by atoms with Gasteiger partial charge in [0.2, 0.25) is 0 Å². The van der Waals surface area contributed by atoms with E-state index >= 15 is 0 Å². The molecule has 0 aliphatic carbocycles. The van der Waals surface area contributed by atoms with E-state index in [0.29, 0.717) is 6.10 Å². The molecule has 1 aliphatic rings. The van der Waals surface area contributed by atoms with Crippen molar-refractivity contribution in [3.63, 3.8) is 0 Å². The average molecular weight is 238 g/mol. The molecule has 0 saturated carbocycles. The van der Waals surface area contributed by atoms with Crippen LogP contribution < -0.4 is 11.1 Å². The smallest absolute Gasteiger partial charge is 0.0699 e. The van der Waals surface area contributed by atoms with Crippen LogP contribution >= 0.6 is 0 Å². The van der Waals surface area contributed by atoms with E-state index in [-0.39, 0.29) is 6.04 Å². The molecule has 5 heteroatoms. The lowest BCUT2D eigenvalue weighted by Crippen LogP contribution is -2.35. The molecule has 0 bridgehead atoms. The van der Waals surface area contributed by atoms with Crippen LogP contribution in [0.15, 0.2) is 12.4 Å². The second kappa shape index (κ2) is 6.14. The number of nitrogens with zero attached hydrogens (tertiary/aromatic N) is 2. The molecule has 17 heavy (non-hydrogen) atoms. The lowest BCUT2D eigenvalue weighted by molar-refractivity contribution is 0.0169. The van der Waals surface area contributed by atoms with Crippen LogP contribution in [0, 0.1) is 0 Å². The maximum absolute atomic E-state index is 6.07. The summed E-state index contributed by atoms with van der Waals surface area (Å²) < 4.78 is 7.43. The standard InChI is InChI=1S/C12H22N4O/c1-16-9-10(6-15-16)12(13)8-14-7-11-4-2-3-5-17-11/h6,9,11-12,14H,2-5,7-8,13H2,1H3. The molecule has 1 saturated heterocycles. The van der Waals surface area contributed by atoms with Crippen LogP contribution in [-0.4, -0.2) is 35.6 Å². The van der Waals surface area contributed by atoms with Crippen molar-refractivity contribution in [2.24, 2.45) is 12.8 Å². The third kappa shape index (κ3) is 3.80. The third-order valence-corrected chi connectivity index (χ3v) is 3.16. The predicted molar refractivity (Wildman–Crippen MR) is 66.6 cm³/mol. The number of nitrogens with two attached hydrogens (primary N) is 1. The molecule has 1 aromatic heterocycles. The van der Waals surface area contributed by atoms with Crippen LogP contribution in [0.1, 0.15) is 30.9 Å². The molecule has 0 spiro atoms. The lowest BCUT2D eigenvalue weighted by atomic mass is 10.1. The zero-order valence-electron chi connectivity index (χ0n) is 10.4. The minimum Gasteiger partial charge on any atom is -0.377 e. The zero-order valence-corrected chi connectivity index (χ0v) is 10.4. The summed E-state index contributed by atoms with van der Waals surface area (Å²) in [6, 6.07) is 0.00675. The second-order valence-corrected chi connectivity index (χ2v) is 4.70. The number of aryl methyl sites for hydroxylation is 1. The van der Waals surface area contributed by atoms with Crippen molar-refractivity contribution in [3.05, 3.63) is 18.0 Å². The van der Waals surface area contributed by atoms with Crippen molar-refractivity contribution >= 4 is 0 Å². The molecule has 5 nitrogen and oxygen atoms in total. The molecule has 1 aliphatic heterocycles. The first-order valence-electron chi connectivity index (χ1n) is 6.32. The summed E-state index contributed by atoms with van der Waals surface area (Å²) in [7, 11) is 1.90. The van der Waals surface area contributed by atoms with Gasteiger partial charge in [-0.15, -0.1) is 0 Å². The number of aromatic nitrogens is 2. The molecular weight excluding hydrogens is 216 g/mol. The van der Waals surface area contributed by atoms with Crippen molar-refractivity contribution in [1.82, 2.24) is 15.1 Å². The number of nitrogens with one attached hydrogen (secondary N) is 1. The largest absolute Gasteiger partial charge is 0.377 e. The Hall–Kier alpha value is -0.910. The van der Waals surface area contributed by atoms with Gasteiger partial charge in [-0.2, -0.15) is 5.10 Å². The number of hydrogen-bond acceptors (Lipinski definition) is 4. The van der Waals surface area contributed by atoms with Crippen molar-refractivity contribution in [2.75, 3.05) is 19.7 Å². The van der Waals surface area contributed by atoms with Gasteiger partial charge in [0.1, 0.15) is 0 Å². The molecule has 2 rings (SSSR count). The summed E-state index contributed by atoms with van der Waals surface area (Å²) in [4.78, 5) is 0. The quantitative estimate of drug-likeness (QED) is 0.787. The molecule has 1 fully saturated rings. The first kappa shape index (κ1) is 12.5. The van der Waals surface area contributed by atoms with E-state index in [1.807, 2.05) is 19.4 Å². The van der Waals surface area contributed by atoms with Crippen molar-refractivity contribution in [1.29, 1.82) is 0 Å². The summed E-state index contributed by atoms with van der Waals surface area (Å²) in [6.45, 7) is 2.57. The molecule has 2 atom stereocenters. The number of hydrogen-bond donors (Lipinski definition) is 2. The van der Waals surface area contributed by atoms with Gasteiger partial charge in [0, 0.05) is 44.5 Å².